The molecule has 3 aromatic rings. The molecule has 4 rings (SSSR count). The summed E-state index contributed by atoms with van der Waals surface area (Å²) in [5.41, 5.74) is 3.71. The highest BCUT2D eigenvalue weighted by Gasteiger charge is 2.19. The van der Waals surface area contributed by atoms with E-state index in [0.29, 0.717) is 5.95 Å². The standard InChI is InChI=1S/C15H14N5O/c21-15(20-9-16-12-7-3-4-8-13(12)20)19-14-17-10-5-1-2-6-11(10)18-14/h1-3,5-6,9H,4,7-8H2,(H2,17,18,19,21). The maximum Gasteiger partial charge on any atom is 0.333 e. The maximum atomic E-state index is 12.4. The van der Waals surface area contributed by atoms with Gasteiger partial charge in [0.2, 0.25) is 5.95 Å². The fraction of sp³-hybridized carbons (Fsp3) is 0.200. The summed E-state index contributed by atoms with van der Waals surface area (Å²) in [6.45, 7) is 0. The number of carbonyl (C=O) groups excluding carboxylic acids is 1. The lowest BCUT2D eigenvalue weighted by atomic mass is 10.0. The van der Waals surface area contributed by atoms with Gasteiger partial charge in [-0.2, -0.15) is 0 Å². The van der Waals surface area contributed by atoms with Crippen LogP contribution in [0.15, 0.2) is 30.6 Å². The Morgan fingerprint density at radius 3 is 3.14 bits per heavy atom. The molecule has 1 aliphatic carbocycles. The Kier molecular flexibility index (Phi) is 2.73. The number of fused-ring (bicyclic) bond motifs is 2. The molecule has 0 spiro atoms. The molecular weight excluding hydrogens is 266 g/mol. The summed E-state index contributed by atoms with van der Waals surface area (Å²) in [5.74, 6) is 0.450. The Morgan fingerprint density at radius 2 is 2.24 bits per heavy atom. The predicted octanol–water partition coefficient (Wildman–Crippen LogP) is 2.53. The van der Waals surface area contributed by atoms with Gasteiger partial charge in [-0.25, -0.2) is 14.8 Å². The van der Waals surface area contributed by atoms with Crippen LogP contribution in [0.1, 0.15) is 17.8 Å². The van der Waals surface area contributed by atoms with Crippen LogP contribution in [0.2, 0.25) is 0 Å². The van der Waals surface area contributed by atoms with E-state index >= 15 is 0 Å². The van der Waals surface area contributed by atoms with Gasteiger partial charge in [0.1, 0.15) is 6.33 Å². The third-order valence-electron chi connectivity index (χ3n) is 3.71. The van der Waals surface area contributed by atoms with Crippen LogP contribution in [-0.4, -0.2) is 25.6 Å². The Bertz CT molecular complexity index is 783. The molecule has 21 heavy (non-hydrogen) atoms. The van der Waals surface area contributed by atoms with Gasteiger partial charge in [-0.05, 0) is 37.8 Å². The van der Waals surface area contributed by atoms with Gasteiger partial charge in [0, 0.05) is 0 Å². The van der Waals surface area contributed by atoms with Crippen molar-refractivity contribution in [1.82, 2.24) is 19.5 Å². The molecule has 0 saturated carbocycles. The minimum Gasteiger partial charge on any atom is -0.324 e. The SMILES string of the molecule is O=C(Nc1nc2ccccc2[nH]1)n1cnc2c1CC[CH]C2. The van der Waals surface area contributed by atoms with Crippen molar-refractivity contribution in [3.05, 3.63) is 48.4 Å². The number of nitrogens with zero attached hydrogens (tertiary/aromatic N) is 3. The van der Waals surface area contributed by atoms with Gasteiger partial charge in [0.25, 0.3) is 0 Å². The molecule has 105 valence electrons. The molecule has 0 aliphatic heterocycles. The van der Waals surface area contributed by atoms with Gasteiger partial charge in [0.05, 0.1) is 22.4 Å². The van der Waals surface area contributed by atoms with Crippen molar-refractivity contribution in [3.8, 4) is 0 Å². The molecule has 0 unspecified atom stereocenters. The Balaban J connectivity index is 1.62. The number of H-pyrrole nitrogens is 1. The van der Waals surface area contributed by atoms with Crippen LogP contribution in [0.3, 0.4) is 0 Å². The number of rotatable bonds is 1. The average Bonchev–Trinajstić information content (AvgIpc) is 3.10. The second kappa shape index (κ2) is 4.73. The van der Waals surface area contributed by atoms with Crippen LogP contribution < -0.4 is 5.32 Å². The maximum absolute atomic E-state index is 12.4. The van der Waals surface area contributed by atoms with Crippen molar-refractivity contribution in [2.75, 3.05) is 5.32 Å². The largest absolute Gasteiger partial charge is 0.333 e. The summed E-state index contributed by atoms with van der Waals surface area (Å²) in [5, 5.41) is 2.79. The zero-order chi connectivity index (χ0) is 14.2. The first-order valence-corrected chi connectivity index (χ1v) is 6.94. The minimum atomic E-state index is -0.232. The molecule has 1 amide bonds. The van der Waals surface area contributed by atoms with Crippen LogP contribution in [0.4, 0.5) is 10.7 Å². The number of amides is 1. The number of benzene rings is 1. The van der Waals surface area contributed by atoms with Crippen molar-refractivity contribution < 1.29 is 4.79 Å². The van der Waals surface area contributed by atoms with E-state index in [9.17, 15) is 4.79 Å². The molecule has 2 aromatic heterocycles. The first-order valence-electron chi connectivity index (χ1n) is 6.94. The van der Waals surface area contributed by atoms with Gasteiger partial charge in [-0.1, -0.05) is 12.1 Å². The lowest BCUT2D eigenvalue weighted by Crippen LogP contribution is -2.22. The number of hydrogen-bond donors (Lipinski definition) is 2. The van der Waals surface area contributed by atoms with Gasteiger partial charge >= 0.3 is 6.03 Å². The molecule has 6 heteroatoms. The zero-order valence-corrected chi connectivity index (χ0v) is 11.3. The first-order chi connectivity index (χ1) is 10.3. The number of nitrogens with one attached hydrogen (secondary N) is 2. The van der Waals surface area contributed by atoms with E-state index < -0.39 is 0 Å². The van der Waals surface area contributed by atoms with Crippen molar-refractivity contribution in [2.24, 2.45) is 0 Å². The molecule has 0 saturated heterocycles. The monoisotopic (exact) mass is 280 g/mol. The summed E-state index contributed by atoms with van der Waals surface area (Å²) in [6.07, 6.45) is 6.44. The van der Waals surface area contributed by atoms with Gasteiger partial charge in [-0.3, -0.25) is 9.88 Å². The summed E-state index contributed by atoms with van der Waals surface area (Å²) in [6, 6.07) is 7.43. The Morgan fingerprint density at radius 1 is 1.33 bits per heavy atom. The van der Waals surface area contributed by atoms with E-state index in [1.54, 1.807) is 10.9 Å². The molecule has 0 bridgehead atoms. The molecule has 0 atom stereocenters. The highest BCUT2D eigenvalue weighted by atomic mass is 16.2. The predicted molar refractivity (Wildman–Crippen MR) is 79.1 cm³/mol. The van der Waals surface area contributed by atoms with Crippen LogP contribution in [0.5, 0.6) is 0 Å². The summed E-state index contributed by atoms with van der Waals surface area (Å²) in [4.78, 5) is 24.1. The first kappa shape index (κ1) is 12.1. The Labute approximate surface area is 121 Å². The third-order valence-corrected chi connectivity index (χ3v) is 3.71. The van der Waals surface area contributed by atoms with Crippen LogP contribution in [0.25, 0.3) is 11.0 Å². The number of carbonyl (C=O) groups is 1. The topological polar surface area (TPSA) is 75.6 Å². The normalized spacial score (nSPS) is 14.1. The van der Waals surface area contributed by atoms with E-state index in [2.05, 4.69) is 26.7 Å². The zero-order valence-electron chi connectivity index (χ0n) is 11.3. The fourth-order valence-electron chi connectivity index (χ4n) is 2.67. The van der Waals surface area contributed by atoms with E-state index in [1.165, 1.54) is 0 Å². The molecular formula is C15H14N5O. The van der Waals surface area contributed by atoms with Gasteiger partial charge < -0.3 is 4.98 Å². The van der Waals surface area contributed by atoms with E-state index in [4.69, 9.17) is 0 Å². The second-order valence-corrected chi connectivity index (χ2v) is 5.07. The second-order valence-electron chi connectivity index (χ2n) is 5.07. The molecule has 1 radical (unpaired) electrons. The Hall–Kier alpha value is -2.63. The number of para-hydroxylation sites is 2. The number of aromatic nitrogens is 4. The molecule has 2 heterocycles. The molecule has 2 N–H and O–H groups in total. The van der Waals surface area contributed by atoms with Gasteiger partial charge in [0.15, 0.2) is 0 Å². The smallest absolute Gasteiger partial charge is 0.324 e. The number of imidazole rings is 2. The van der Waals surface area contributed by atoms with Crippen molar-refractivity contribution in [1.29, 1.82) is 0 Å². The van der Waals surface area contributed by atoms with E-state index in [0.717, 1.165) is 41.7 Å². The van der Waals surface area contributed by atoms with Crippen LogP contribution in [-0.2, 0) is 12.8 Å². The van der Waals surface area contributed by atoms with E-state index in [1.807, 2.05) is 24.3 Å². The quantitative estimate of drug-likeness (QED) is 0.719. The molecule has 0 fully saturated rings. The van der Waals surface area contributed by atoms with Crippen LogP contribution in [0, 0.1) is 6.42 Å². The van der Waals surface area contributed by atoms with E-state index in [-0.39, 0.29) is 6.03 Å². The summed E-state index contributed by atoms with van der Waals surface area (Å²) in [7, 11) is 0. The highest BCUT2D eigenvalue weighted by molar-refractivity contribution is 5.91. The molecule has 1 aromatic carbocycles. The molecule has 1 aliphatic rings. The van der Waals surface area contributed by atoms with Crippen molar-refractivity contribution in [3.63, 3.8) is 0 Å². The molecule has 6 nitrogen and oxygen atoms in total. The average molecular weight is 280 g/mol. The summed E-state index contributed by atoms with van der Waals surface area (Å²) < 4.78 is 1.58. The number of hydrogen-bond acceptors (Lipinski definition) is 3. The fourth-order valence-corrected chi connectivity index (χ4v) is 2.67. The van der Waals surface area contributed by atoms with Gasteiger partial charge in [-0.15, -0.1) is 0 Å². The minimum absolute atomic E-state index is 0.232. The number of anilines is 1. The van der Waals surface area contributed by atoms with Crippen LogP contribution >= 0.6 is 0 Å². The van der Waals surface area contributed by atoms with Crippen molar-refractivity contribution in [2.45, 2.75) is 19.3 Å². The summed E-state index contributed by atoms with van der Waals surface area (Å²) >= 11 is 0. The van der Waals surface area contributed by atoms with Crippen molar-refractivity contribution >= 4 is 23.0 Å². The lowest BCUT2D eigenvalue weighted by Gasteiger charge is -2.12. The number of aromatic amines is 1. The third kappa shape index (κ3) is 2.08. The highest BCUT2D eigenvalue weighted by Crippen LogP contribution is 2.20. The lowest BCUT2D eigenvalue weighted by molar-refractivity contribution is 0.252.